The van der Waals surface area contributed by atoms with E-state index in [0.717, 1.165) is 17.5 Å². The van der Waals surface area contributed by atoms with Crippen LogP contribution in [-0.2, 0) is 16.3 Å². The summed E-state index contributed by atoms with van der Waals surface area (Å²) in [5.41, 5.74) is 1.04. The maximum atomic E-state index is 11.8. The molecule has 0 saturated heterocycles. The van der Waals surface area contributed by atoms with Crippen molar-refractivity contribution in [3.63, 3.8) is 0 Å². The predicted molar refractivity (Wildman–Crippen MR) is 72.3 cm³/mol. The lowest BCUT2D eigenvalue weighted by atomic mass is 9.90. The van der Waals surface area contributed by atoms with Gasteiger partial charge in [-0.25, -0.2) is 8.42 Å². The smallest absolute Gasteiger partial charge is 0.153 e. The van der Waals surface area contributed by atoms with Gasteiger partial charge in [0.15, 0.2) is 9.84 Å². The molecule has 0 spiro atoms. The number of hydrogen-bond acceptors (Lipinski definition) is 3. The first-order valence-electron chi connectivity index (χ1n) is 6.29. The topological polar surface area (TPSA) is 54.4 Å². The summed E-state index contributed by atoms with van der Waals surface area (Å²) in [5, 5.41) is 10.1. The zero-order valence-corrected chi connectivity index (χ0v) is 11.7. The molecule has 2 unspecified atom stereocenters. The molecule has 1 fully saturated rings. The van der Waals surface area contributed by atoms with E-state index in [1.807, 2.05) is 31.2 Å². The van der Waals surface area contributed by atoms with Gasteiger partial charge in [0.25, 0.3) is 0 Å². The van der Waals surface area contributed by atoms with Gasteiger partial charge in [-0.3, -0.25) is 0 Å². The molecule has 4 heteroatoms. The highest BCUT2D eigenvalue weighted by Crippen LogP contribution is 2.37. The fourth-order valence-electron chi connectivity index (χ4n) is 2.98. The molecule has 1 N–H and O–H groups in total. The van der Waals surface area contributed by atoms with Gasteiger partial charge in [0.2, 0.25) is 0 Å². The second-order valence-corrected chi connectivity index (χ2v) is 7.65. The van der Waals surface area contributed by atoms with Crippen molar-refractivity contribution in [2.24, 2.45) is 0 Å². The number of aryl methyl sites for hydroxylation is 1. The molecule has 3 nitrogen and oxygen atoms in total. The van der Waals surface area contributed by atoms with Gasteiger partial charge in [0.1, 0.15) is 0 Å². The molecule has 1 aromatic carbocycles. The quantitative estimate of drug-likeness (QED) is 0.910. The molecule has 0 radical (unpaired) electrons. The summed E-state index contributed by atoms with van der Waals surface area (Å²) in [4.78, 5) is 0. The molecule has 0 aromatic heterocycles. The van der Waals surface area contributed by atoms with E-state index in [4.69, 9.17) is 0 Å². The Morgan fingerprint density at radius 3 is 2.67 bits per heavy atom. The monoisotopic (exact) mass is 268 g/mol. The molecule has 2 atom stereocenters. The second-order valence-electron chi connectivity index (χ2n) is 5.42. The van der Waals surface area contributed by atoms with Crippen molar-refractivity contribution in [2.75, 3.05) is 6.26 Å². The Hall–Kier alpha value is -0.870. The number of sulfone groups is 1. The number of aliphatic hydroxyl groups is 1. The van der Waals surface area contributed by atoms with Crippen molar-refractivity contribution in [3.8, 4) is 0 Å². The minimum Gasteiger partial charge on any atom is -0.388 e. The standard InChI is InChI=1S/C14H20O3S/c1-11-6-3-4-7-12(11)10-14(15)9-5-8-13(14)18(2,16)17/h3-4,6-7,13,15H,5,8-10H2,1-2H3. The van der Waals surface area contributed by atoms with Gasteiger partial charge in [0, 0.05) is 12.7 Å². The Bertz CT molecular complexity index is 536. The van der Waals surface area contributed by atoms with Gasteiger partial charge in [-0.05, 0) is 37.3 Å². The molecule has 18 heavy (non-hydrogen) atoms. The number of benzene rings is 1. The zero-order valence-electron chi connectivity index (χ0n) is 10.9. The van der Waals surface area contributed by atoms with Crippen LogP contribution in [0.4, 0.5) is 0 Å². The fourth-order valence-corrected chi connectivity index (χ4v) is 4.57. The lowest BCUT2D eigenvalue weighted by Crippen LogP contribution is -2.44. The van der Waals surface area contributed by atoms with Crippen molar-refractivity contribution in [2.45, 2.75) is 43.5 Å². The molecule has 0 amide bonds. The summed E-state index contributed by atoms with van der Waals surface area (Å²) in [7, 11) is -3.19. The van der Waals surface area contributed by atoms with Crippen LogP contribution in [0.1, 0.15) is 30.4 Å². The first kappa shape index (κ1) is 13.6. The van der Waals surface area contributed by atoms with Crippen molar-refractivity contribution >= 4 is 9.84 Å². The van der Waals surface area contributed by atoms with Crippen LogP contribution in [0.5, 0.6) is 0 Å². The first-order chi connectivity index (χ1) is 8.33. The molecule has 0 aliphatic heterocycles. The third kappa shape index (κ3) is 2.59. The van der Waals surface area contributed by atoms with Crippen LogP contribution in [0.15, 0.2) is 24.3 Å². The second kappa shape index (κ2) is 4.67. The summed E-state index contributed by atoms with van der Waals surface area (Å²) in [6, 6.07) is 7.83. The summed E-state index contributed by atoms with van der Waals surface area (Å²) >= 11 is 0. The van der Waals surface area contributed by atoms with Crippen LogP contribution < -0.4 is 0 Å². The maximum absolute atomic E-state index is 11.8. The summed E-state index contributed by atoms with van der Waals surface area (Å²) in [6.45, 7) is 1.99. The SMILES string of the molecule is Cc1ccccc1CC1(O)CCCC1S(C)(=O)=O. The Labute approximate surface area is 109 Å². The fraction of sp³-hybridized carbons (Fsp3) is 0.571. The average Bonchev–Trinajstić information content (AvgIpc) is 2.63. The van der Waals surface area contributed by atoms with Gasteiger partial charge in [-0.1, -0.05) is 24.3 Å². The van der Waals surface area contributed by atoms with Crippen molar-refractivity contribution in [1.29, 1.82) is 0 Å². The lowest BCUT2D eigenvalue weighted by Gasteiger charge is -2.29. The molecular weight excluding hydrogens is 248 g/mol. The highest BCUT2D eigenvalue weighted by atomic mass is 32.2. The molecule has 0 bridgehead atoms. The van der Waals surface area contributed by atoms with Crippen LogP contribution in [0.25, 0.3) is 0 Å². The van der Waals surface area contributed by atoms with Crippen LogP contribution >= 0.6 is 0 Å². The molecule has 1 aliphatic carbocycles. The predicted octanol–water partition coefficient (Wildman–Crippen LogP) is 1.87. The summed E-state index contributed by atoms with van der Waals surface area (Å²) in [5.74, 6) is 0. The maximum Gasteiger partial charge on any atom is 0.153 e. The van der Waals surface area contributed by atoms with Crippen molar-refractivity contribution < 1.29 is 13.5 Å². The van der Waals surface area contributed by atoms with E-state index in [1.165, 1.54) is 6.26 Å². The van der Waals surface area contributed by atoms with Crippen molar-refractivity contribution in [3.05, 3.63) is 35.4 Å². The van der Waals surface area contributed by atoms with Crippen LogP contribution in [0.3, 0.4) is 0 Å². The van der Waals surface area contributed by atoms with E-state index in [9.17, 15) is 13.5 Å². The van der Waals surface area contributed by atoms with Crippen LogP contribution in [0.2, 0.25) is 0 Å². The van der Waals surface area contributed by atoms with Crippen LogP contribution in [-0.4, -0.2) is 30.6 Å². The zero-order chi connectivity index (χ0) is 13.4. The Kier molecular flexibility index (Phi) is 3.52. The Balaban J connectivity index is 2.30. The molecular formula is C14H20O3S. The van der Waals surface area contributed by atoms with Gasteiger partial charge in [-0.15, -0.1) is 0 Å². The highest BCUT2D eigenvalue weighted by Gasteiger charge is 2.46. The lowest BCUT2D eigenvalue weighted by molar-refractivity contribution is 0.0511. The van der Waals surface area contributed by atoms with Gasteiger partial charge >= 0.3 is 0 Å². The first-order valence-corrected chi connectivity index (χ1v) is 8.24. The minimum absolute atomic E-state index is 0.428. The van der Waals surface area contributed by atoms with Gasteiger partial charge < -0.3 is 5.11 Å². The molecule has 0 heterocycles. The highest BCUT2D eigenvalue weighted by molar-refractivity contribution is 7.91. The van der Waals surface area contributed by atoms with Crippen molar-refractivity contribution in [1.82, 2.24) is 0 Å². The van der Waals surface area contributed by atoms with E-state index in [2.05, 4.69) is 0 Å². The molecule has 1 aromatic rings. The minimum atomic E-state index is -3.19. The van der Waals surface area contributed by atoms with E-state index in [-0.39, 0.29) is 0 Å². The third-order valence-corrected chi connectivity index (χ3v) is 5.66. The Morgan fingerprint density at radius 1 is 1.39 bits per heavy atom. The summed E-state index contributed by atoms with van der Waals surface area (Å²) in [6.07, 6.45) is 3.57. The summed E-state index contributed by atoms with van der Waals surface area (Å²) < 4.78 is 23.5. The van der Waals surface area contributed by atoms with E-state index >= 15 is 0 Å². The third-order valence-electron chi connectivity index (χ3n) is 3.95. The van der Waals surface area contributed by atoms with Gasteiger partial charge in [0.05, 0.1) is 10.9 Å². The number of rotatable bonds is 3. The van der Waals surface area contributed by atoms with E-state index in [1.54, 1.807) is 0 Å². The number of hydrogen-bond donors (Lipinski definition) is 1. The molecule has 100 valence electrons. The largest absolute Gasteiger partial charge is 0.388 e. The average molecular weight is 268 g/mol. The van der Waals surface area contributed by atoms with Gasteiger partial charge in [-0.2, -0.15) is 0 Å². The van der Waals surface area contributed by atoms with Crippen LogP contribution in [0, 0.1) is 6.92 Å². The normalized spacial score (nSPS) is 28.5. The molecule has 2 rings (SSSR count). The molecule has 1 aliphatic rings. The van der Waals surface area contributed by atoms with E-state index < -0.39 is 20.7 Å². The Morgan fingerprint density at radius 2 is 2.06 bits per heavy atom. The van der Waals surface area contributed by atoms with E-state index in [0.29, 0.717) is 19.3 Å². The molecule has 1 saturated carbocycles.